The Morgan fingerprint density at radius 3 is 2.70 bits per heavy atom. The molecular weight excluding hydrogens is 342 g/mol. The number of nitrogens with zero attached hydrogens (tertiary/aromatic N) is 2. The fourth-order valence-electron chi connectivity index (χ4n) is 2.43. The summed E-state index contributed by atoms with van der Waals surface area (Å²) in [7, 11) is 0. The van der Waals surface area contributed by atoms with E-state index in [9.17, 15) is 15.2 Å². The quantitative estimate of drug-likeness (QED) is 0.311. The summed E-state index contributed by atoms with van der Waals surface area (Å²) >= 11 is 0. The van der Waals surface area contributed by atoms with Crippen molar-refractivity contribution in [3.05, 3.63) is 77.3 Å². The van der Waals surface area contributed by atoms with E-state index in [1.165, 1.54) is 6.08 Å². The third-order valence-corrected chi connectivity index (χ3v) is 3.87. The van der Waals surface area contributed by atoms with Crippen molar-refractivity contribution in [3.63, 3.8) is 0 Å². The van der Waals surface area contributed by atoms with Crippen LogP contribution in [0.5, 0.6) is 0 Å². The zero-order valence-corrected chi connectivity index (χ0v) is 14.6. The molecule has 0 atom stereocenters. The smallest absolute Gasteiger partial charge is 0.331 e. The first kappa shape index (κ1) is 18.0. The van der Waals surface area contributed by atoms with Crippen LogP contribution in [0.15, 0.2) is 60.4 Å². The molecule has 0 aliphatic rings. The lowest BCUT2D eigenvalue weighted by atomic mass is 10.1. The molecule has 1 heterocycles. The van der Waals surface area contributed by atoms with Crippen molar-refractivity contribution in [3.8, 4) is 6.07 Å². The lowest BCUT2D eigenvalue weighted by Crippen LogP contribution is -2.06. The van der Waals surface area contributed by atoms with Crippen molar-refractivity contribution in [2.24, 2.45) is 0 Å². The van der Waals surface area contributed by atoms with Crippen molar-refractivity contribution in [1.29, 1.82) is 5.26 Å². The summed E-state index contributed by atoms with van der Waals surface area (Å²) in [5.74, 6) is -0.764. The number of imidazole rings is 1. The minimum atomic E-state index is -0.621. The van der Waals surface area contributed by atoms with E-state index in [2.05, 4.69) is 9.97 Å². The van der Waals surface area contributed by atoms with Gasteiger partial charge in [-0.2, -0.15) is 5.26 Å². The zero-order valence-electron chi connectivity index (χ0n) is 14.6. The summed E-state index contributed by atoms with van der Waals surface area (Å²) in [4.78, 5) is 19.1. The van der Waals surface area contributed by atoms with Crippen molar-refractivity contribution in [1.82, 2.24) is 9.97 Å². The number of carbonyl (C=O) groups excluding carboxylic acids is 1. The maximum Gasteiger partial charge on any atom is 0.331 e. The van der Waals surface area contributed by atoms with Gasteiger partial charge in [0.15, 0.2) is 11.6 Å². The van der Waals surface area contributed by atoms with Crippen LogP contribution in [0, 0.1) is 18.3 Å². The minimum Gasteiger partial charge on any atom is -0.507 e. The topological polar surface area (TPSA) is 99.0 Å². The lowest BCUT2D eigenvalue weighted by Gasteiger charge is -2.03. The molecule has 6 heteroatoms. The molecule has 0 amide bonds. The van der Waals surface area contributed by atoms with Crippen LogP contribution in [0.4, 0.5) is 0 Å². The first-order valence-electron chi connectivity index (χ1n) is 8.25. The maximum atomic E-state index is 11.8. The number of aliphatic hydroxyl groups excluding tert-OH is 1. The number of para-hydroxylation sites is 2. The summed E-state index contributed by atoms with van der Waals surface area (Å²) < 4.78 is 5.00. The number of ether oxygens (including phenoxy) is 1. The van der Waals surface area contributed by atoms with E-state index in [0.29, 0.717) is 5.52 Å². The molecule has 0 saturated carbocycles. The predicted molar refractivity (Wildman–Crippen MR) is 102 cm³/mol. The van der Waals surface area contributed by atoms with Crippen LogP contribution in [0.1, 0.15) is 17.0 Å². The van der Waals surface area contributed by atoms with E-state index in [0.717, 1.165) is 16.6 Å². The maximum absolute atomic E-state index is 11.8. The Hall–Kier alpha value is -3.85. The number of fused-ring (bicyclic) bond motifs is 1. The number of aromatic amines is 1. The second kappa shape index (κ2) is 8.02. The normalized spacial score (nSPS) is 12.0. The molecule has 0 unspecified atom stereocenters. The third kappa shape index (κ3) is 4.41. The van der Waals surface area contributed by atoms with Crippen molar-refractivity contribution in [2.75, 3.05) is 6.61 Å². The highest BCUT2D eigenvalue weighted by Crippen LogP contribution is 2.18. The summed E-state index contributed by atoms with van der Waals surface area (Å²) in [6.07, 6.45) is 2.89. The number of aliphatic hydroxyl groups is 1. The number of aromatic nitrogens is 2. The Kier molecular flexibility index (Phi) is 5.33. The molecule has 3 rings (SSSR count). The predicted octanol–water partition coefficient (Wildman–Crippen LogP) is 3.92. The number of esters is 1. The highest BCUT2D eigenvalue weighted by molar-refractivity contribution is 5.87. The van der Waals surface area contributed by atoms with Crippen LogP contribution in [-0.4, -0.2) is 27.7 Å². The number of nitriles is 1. The van der Waals surface area contributed by atoms with Crippen molar-refractivity contribution in [2.45, 2.75) is 6.92 Å². The van der Waals surface area contributed by atoms with Crippen LogP contribution in [0.25, 0.3) is 22.7 Å². The Bertz CT molecular complexity index is 1040. The highest BCUT2D eigenvalue weighted by atomic mass is 16.5. The number of hydrogen-bond acceptors (Lipinski definition) is 5. The van der Waals surface area contributed by atoms with Gasteiger partial charge in [0.2, 0.25) is 0 Å². The van der Waals surface area contributed by atoms with Gasteiger partial charge in [0.25, 0.3) is 0 Å². The molecule has 0 aliphatic heterocycles. The fourth-order valence-corrected chi connectivity index (χ4v) is 2.43. The van der Waals surface area contributed by atoms with Crippen LogP contribution < -0.4 is 0 Å². The largest absolute Gasteiger partial charge is 0.507 e. The number of H-pyrrole nitrogens is 1. The van der Waals surface area contributed by atoms with Crippen LogP contribution >= 0.6 is 0 Å². The van der Waals surface area contributed by atoms with E-state index in [1.807, 2.05) is 55.5 Å². The summed E-state index contributed by atoms with van der Waals surface area (Å²) in [6.45, 7) is 1.56. The Balaban J connectivity index is 1.68. The molecule has 27 heavy (non-hydrogen) atoms. The summed E-state index contributed by atoms with van der Waals surface area (Å²) in [6, 6.07) is 16.8. The van der Waals surface area contributed by atoms with E-state index in [4.69, 9.17) is 4.74 Å². The number of allylic oxidation sites excluding steroid dienone is 1. The Labute approximate surface area is 156 Å². The standard InChI is InChI=1S/C21H17N3O3/c1-14-6-8-15(9-7-14)10-11-20(26)27-13-19(25)16(12-22)21-23-17-4-2-3-5-18(17)24-21/h2-11,25H,13H2,1H3,(H,23,24)/b11-10+,19-16-. The number of hydrogen-bond donors (Lipinski definition) is 2. The van der Waals surface area contributed by atoms with Gasteiger partial charge in [-0.3, -0.25) is 0 Å². The number of benzene rings is 2. The van der Waals surface area contributed by atoms with Gasteiger partial charge >= 0.3 is 5.97 Å². The Morgan fingerprint density at radius 1 is 1.26 bits per heavy atom. The average molecular weight is 359 g/mol. The molecule has 2 aromatic carbocycles. The van der Waals surface area contributed by atoms with Crippen molar-refractivity contribution < 1.29 is 14.6 Å². The number of carbonyl (C=O) groups is 1. The monoisotopic (exact) mass is 359 g/mol. The molecule has 0 bridgehead atoms. The molecule has 1 aromatic heterocycles. The van der Waals surface area contributed by atoms with Gasteiger partial charge in [0, 0.05) is 6.08 Å². The lowest BCUT2D eigenvalue weighted by molar-refractivity contribution is -0.137. The van der Waals surface area contributed by atoms with Gasteiger partial charge < -0.3 is 14.8 Å². The van der Waals surface area contributed by atoms with Gasteiger partial charge in [0.1, 0.15) is 18.2 Å². The van der Waals surface area contributed by atoms with E-state index in [-0.39, 0.29) is 17.2 Å². The fraction of sp³-hybridized carbons (Fsp3) is 0.0952. The van der Waals surface area contributed by atoms with Crippen LogP contribution in [-0.2, 0) is 9.53 Å². The number of rotatable bonds is 5. The first-order valence-corrected chi connectivity index (χ1v) is 8.25. The molecule has 134 valence electrons. The van der Waals surface area contributed by atoms with Gasteiger partial charge in [-0.25, -0.2) is 9.78 Å². The molecule has 0 fully saturated rings. The third-order valence-electron chi connectivity index (χ3n) is 3.87. The molecule has 0 radical (unpaired) electrons. The number of nitrogens with one attached hydrogen (secondary N) is 1. The Morgan fingerprint density at radius 2 is 2.00 bits per heavy atom. The average Bonchev–Trinajstić information content (AvgIpc) is 3.10. The second-order valence-corrected chi connectivity index (χ2v) is 5.89. The molecule has 0 aliphatic carbocycles. The molecule has 6 nitrogen and oxygen atoms in total. The molecule has 0 spiro atoms. The zero-order chi connectivity index (χ0) is 19.2. The highest BCUT2D eigenvalue weighted by Gasteiger charge is 2.14. The SMILES string of the molecule is Cc1ccc(/C=C/C(=O)OC/C(O)=C(\C#N)c2nc3ccccc3[nH]2)cc1. The van der Waals surface area contributed by atoms with Gasteiger partial charge in [-0.1, -0.05) is 42.0 Å². The van der Waals surface area contributed by atoms with E-state index >= 15 is 0 Å². The van der Waals surface area contributed by atoms with Gasteiger partial charge in [-0.15, -0.1) is 0 Å². The molecule has 3 aromatic rings. The molecule has 2 N–H and O–H groups in total. The summed E-state index contributed by atoms with van der Waals surface area (Å²) in [5.41, 5.74) is 3.33. The number of aryl methyl sites for hydroxylation is 1. The van der Waals surface area contributed by atoms with E-state index < -0.39 is 12.6 Å². The van der Waals surface area contributed by atoms with Gasteiger partial charge in [-0.05, 0) is 30.7 Å². The van der Waals surface area contributed by atoms with E-state index in [1.54, 1.807) is 12.1 Å². The second-order valence-electron chi connectivity index (χ2n) is 5.89. The molecule has 0 saturated heterocycles. The van der Waals surface area contributed by atoms with Crippen LogP contribution in [0.2, 0.25) is 0 Å². The first-order chi connectivity index (χ1) is 13.1. The molecular formula is C21H17N3O3. The van der Waals surface area contributed by atoms with Crippen LogP contribution in [0.3, 0.4) is 0 Å². The van der Waals surface area contributed by atoms with Gasteiger partial charge in [0.05, 0.1) is 11.0 Å². The summed E-state index contributed by atoms with van der Waals surface area (Å²) in [5, 5.41) is 19.5. The minimum absolute atomic E-state index is 0.0680. The van der Waals surface area contributed by atoms with Crippen molar-refractivity contribution >= 4 is 28.7 Å².